The topological polar surface area (TPSA) is 69.1 Å². The minimum Gasteiger partial charge on any atom is -0.399 e. The number of fused-ring (bicyclic) bond motifs is 1. The van der Waals surface area contributed by atoms with Crippen molar-refractivity contribution in [3.63, 3.8) is 0 Å². The molecule has 0 amide bonds. The van der Waals surface area contributed by atoms with Crippen molar-refractivity contribution in [2.75, 3.05) is 5.73 Å². The molecule has 19 heavy (non-hydrogen) atoms. The van der Waals surface area contributed by atoms with E-state index in [9.17, 15) is 0 Å². The fraction of sp³-hybridized carbons (Fsp3) is 0.308. The lowest BCUT2D eigenvalue weighted by atomic mass is 10.1. The van der Waals surface area contributed by atoms with Crippen LogP contribution in [0.25, 0.3) is 4.96 Å². The van der Waals surface area contributed by atoms with E-state index in [1.807, 2.05) is 22.7 Å². The summed E-state index contributed by atoms with van der Waals surface area (Å²) in [4.78, 5) is 0.874. The molecule has 6 heteroatoms. The SMILES string of the molecule is CCc1nnc2sc(CCc3cccc(N)c3)nn12. The summed E-state index contributed by atoms with van der Waals surface area (Å²) in [5.74, 6) is 0.918. The fourth-order valence-corrected chi connectivity index (χ4v) is 2.87. The fourth-order valence-electron chi connectivity index (χ4n) is 2.02. The van der Waals surface area contributed by atoms with E-state index in [1.165, 1.54) is 5.56 Å². The van der Waals surface area contributed by atoms with Gasteiger partial charge < -0.3 is 5.73 Å². The molecular formula is C13H15N5S. The molecule has 2 aromatic heterocycles. The Kier molecular flexibility index (Phi) is 3.16. The molecule has 0 unspecified atom stereocenters. The number of nitrogens with zero attached hydrogens (tertiary/aromatic N) is 4. The van der Waals surface area contributed by atoms with Gasteiger partial charge in [-0.3, -0.25) is 0 Å². The summed E-state index contributed by atoms with van der Waals surface area (Å²) in [5.41, 5.74) is 7.82. The summed E-state index contributed by atoms with van der Waals surface area (Å²) in [7, 11) is 0. The van der Waals surface area contributed by atoms with Gasteiger partial charge in [0.25, 0.3) is 0 Å². The third-order valence-corrected chi connectivity index (χ3v) is 3.95. The number of nitrogen functional groups attached to an aromatic ring is 1. The van der Waals surface area contributed by atoms with Crippen molar-refractivity contribution in [3.05, 3.63) is 40.7 Å². The first-order valence-corrected chi connectivity index (χ1v) is 7.12. The highest BCUT2D eigenvalue weighted by Gasteiger charge is 2.10. The van der Waals surface area contributed by atoms with Gasteiger partial charge in [-0.25, -0.2) is 0 Å². The highest BCUT2D eigenvalue weighted by atomic mass is 32.1. The molecule has 2 N–H and O–H groups in total. The second-order valence-electron chi connectivity index (χ2n) is 4.40. The van der Waals surface area contributed by atoms with Crippen LogP contribution in [0, 0.1) is 0 Å². The van der Waals surface area contributed by atoms with Gasteiger partial charge >= 0.3 is 0 Å². The van der Waals surface area contributed by atoms with Gasteiger partial charge in [-0.15, -0.1) is 10.2 Å². The van der Waals surface area contributed by atoms with Gasteiger partial charge in [0.2, 0.25) is 4.96 Å². The van der Waals surface area contributed by atoms with E-state index in [0.29, 0.717) is 0 Å². The molecule has 3 aromatic rings. The first-order chi connectivity index (χ1) is 9.26. The van der Waals surface area contributed by atoms with E-state index >= 15 is 0 Å². The molecule has 0 spiro atoms. The lowest BCUT2D eigenvalue weighted by Gasteiger charge is -2.00. The quantitative estimate of drug-likeness (QED) is 0.739. The third-order valence-electron chi connectivity index (χ3n) is 2.99. The van der Waals surface area contributed by atoms with Gasteiger partial charge in [0.05, 0.1) is 0 Å². The molecule has 0 saturated carbocycles. The van der Waals surface area contributed by atoms with Crippen molar-refractivity contribution in [1.29, 1.82) is 0 Å². The maximum atomic E-state index is 5.77. The largest absolute Gasteiger partial charge is 0.399 e. The predicted molar refractivity (Wildman–Crippen MR) is 76.3 cm³/mol. The van der Waals surface area contributed by atoms with Gasteiger partial charge in [-0.1, -0.05) is 30.4 Å². The van der Waals surface area contributed by atoms with Crippen LogP contribution < -0.4 is 5.73 Å². The normalized spacial score (nSPS) is 11.2. The molecule has 0 aliphatic rings. The number of aromatic nitrogens is 4. The van der Waals surface area contributed by atoms with Crippen molar-refractivity contribution in [2.45, 2.75) is 26.2 Å². The maximum Gasteiger partial charge on any atom is 0.234 e. The maximum absolute atomic E-state index is 5.77. The Morgan fingerprint density at radius 2 is 2.16 bits per heavy atom. The molecule has 0 atom stereocenters. The van der Waals surface area contributed by atoms with Gasteiger partial charge in [0, 0.05) is 18.5 Å². The molecule has 0 radical (unpaired) electrons. The molecule has 0 saturated heterocycles. The van der Waals surface area contributed by atoms with E-state index in [-0.39, 0.29) is 0 Å². The van der Waals surface area contributed by atoms with Crippen LogP contribution in [0.4, 0.5) is 5.69 Å². The molecule has 98 valence electrons. The second kappa shape index (κ2) is 4.97. The van der Waals surface area contributed by atoms with Crippen LogP contribution in [0.15, 0.2) is 24.3 Å². The number of aryl methyl sites for hydroxylation is 3. The summed E-state index contributed by atoms with van der Waals surface area (Å²) >= 11 is 1.60. The minimum absolute atomic E-state index is 0.809. The zero-order chi connectivity index (χ0) is 13.2. The molecule has 0 aliphatic carbocycles. The zero-order valence-electron chi connectivity index (χ0n) is 10.7. The molecule has 2 heterocycles. The van der Waals surface area contributed by atoms with E-state index in [2.05, 4.69) is 28.3 Å². The molecular weight excluding hydrogens is 258 g/mol. The summed E-state index contributed by atoms with van der Waals surface area (Å²) in [6.07, 6.45) is 2.69. The molecule has 5 nitrogen and oxygen atoms in total. The van der Waals surface area contributed by atoms with Gasteiger partial charge in [-0.05, 0) is 24.1 Å². The Balaban J connectivity index is 1.76. The monoisotopic (exact) mass is 273 g/mol. The van der Waals surface area contributed by atoms with Crippen LogP contribution in [-0.4, -0.2) is 19.8 Å². The van der Waals surface area contributed by atoms with Crippen molar-refractivity contribution in [2.24, 2.45) is 0 Å². The van der Waals surface area contributed by atoms with Gasteiger partial charge in [0.1, 0.15) is 5.01 Å². The molecule has 3 rings (SSSR count). The lowest BCUT2D eigenvalue weighted by Crippen LogP contribution is -1.97. The van der Waals surface area contributed by atoms with Crippen LogP contribution in [0.3, 0.4) is 0 Å². The standard InChI is InChI=1S/C13H15N5S/c1-2-11-15-16-13-18(11)17-12(19-13)7-6-9-4-3-5-10(14)8-9/h3-5,8H,2,6-7,14H2,1H3. The first kappa shape index (κ1) is 12.1. The van der Waals surface area contributed by atoms with Gasteiger partial charge in [-0.2, -0.15) is 9.61 Å². The summed E-state index contributed by atoms with van der Waals surface area (Å²) in [5, 5.41) is 13.9. The van der Waals surface area contributed by atoms with Crippen LogP contribution in [0.5, 0.6) is 0 Å². The molecule has 0 bridgehead atoms. The average Bonchev–Trinajstić information content (AvgIpc) is 2.95. The summed E-state index contributed by atoms with van der Waals surface area (Å²) in [6, 6.07) is 7.99. The van der Waals surface area contributed by atoms with Crippen LogP contribution in [-0.2, 0) is 19.3 Å². The Labute approximate surface area is 115 Å². The molecule has 1 aromatic carbocycles. The number of benzene rings is 1. The average molecular weight is 273 g/mol. The van der Waals surface area contributed by atoms with Crippen molar-refractivity contribution < 1.29 is 0 Å². The van der Waals surface area contributed by atoms with Crippen molar-refractivity contribution in [3.8, 4) is 0 Å². The minimum atomic E-state index is 0.809. The van der Waals surface area contributed by atoms with E-state index in [0.717, 1.165) is 40.7 Å². The number of rotatable bonds is 4. The summed E-state index contributed by atoms with van der Waals surface area (Å²) < 4.78 is 1.85. The number of hydrogen-bond donors (Lipinski definition) is 1. The number of anilines is 1. The van der Waals surface area contributed by atoms with E-state index in [1.54, 1.807) is 11.3 Å². The first-order valence-electron chi connectivity index (χ1n) is 6.30. The Morgan fingerprint density at radius 3 is 2.95 bits per heavy atom. The van der Waals surface area contributed by atoms with Crippen molar-refractivity contribution in [1.82, 2.24) is 19.8 Å². The second-order valence-corrected chi connectivity index (χ2v) is 5.45. The molecule has 0 aliphatic heterocycles. The lowest BCUT2D eigenvalue weighted by molar-refractivity contribution is 0.800. The van der Waals surface area contributed by atoms with E-state index < -0.39 is 0 Å². The van der Waals surface area contributed by atoms with Crippen LogP contribution >= 0.6 is 11.3 Å². The zero-order valence-corrected chi connectivity index (χ0v) is 11.5. The number of nitrogens with two attached hydrogens (primary N) is 1. The molecule has 0 fully saturated rings. The van der Waals surface area contributed by atoms with Crippen LogP contribution in [0.2, 0.25) is 0 Å². The Bertz CT molecular complexity index is 700. The highest BCUT2D eigenvalue weighted by Crippen LogP contribution is 2.17. The number of hydrogen-bond acceptors (Lipinski definition) is 5. The Morgan fingerprint density at radius 1 is 1.26 bits per heavy atom. The third kappa shape index (κ3) is 2.44. The van der Waals surface area contributed by atoms with Crippen LogP contribution in [0.1, 0.15) is 23.3 Å². The van der Waals surface area contributed by atoms with Crippen molar-refractivity contribution >= 4 is 22.0 Å². The highest BCUT2D eigenvalue weighted by molar-refractivity contribution is 7.16. The predicted octanol–water partition coefficient (Wildman–Crippen LogP) is 2.12. The Hall–Kier alpha value is -1.95. The summed E-state index contributed by atoms with van der Waals surface area (Å²) in [6.45, 7) is 2.06. The van der Waals surface area contributed by atoms with E-state index in [4.69, 9.17) is 5.73 Å². The van der Waals surface area contributed by atoms with Gasteiger partial charge in [0.15, 0.2) is 5.82 Å². The smallest absolute Gasteiger partial charge is 0.234 e.